The van der Waals surface area contributed by atoms with Crippen LogP contribution in [0, 0.1) is 6.92 Å². The van der Waals surface area contributed by atoms with Crippen LogP contribution in [-0.4, -0.2) is 6.04 Å². The van der Waals surface area contributed by atoms with Crippen molar-refractivity contribution in [1.82, 2.24) is 5.32 Å². The highest BCUT2D eigenvalue weighted by molar-refractivity contribution is 6.31. The van der Waals surface area contributed by atoms with Gasteiger partial charge in [0.2, 0.25) is 0 Å². The van der Waals surface area contributed by atoms with E-state index in [1.54, 1.807) is 0 Å². The van der Waals surface area contributed by atoms with Crippen molar-refractivity contribution < 1.29 is 0 Å². The third-order valence-electron chi connectivity index (χ3n) is 4.55. The molecule has 110 valence electrons. The Morgan fingerprint density at radius 3 is 2.38 bits per heavy atom. The lowest BCUT2D eigenvalue weighted by atomic mass is 9.75. The Morgan fingerprint density at radius 1 is 1.05 bits per heavy atom. The summed E-state index contributed by atoms with van der Waals surface area (Å²) in [7, 11) is 0. The highest BCUT2D eigenvalue weighted by atomic mass is 35.5. The predicted octanol–water partition coefficient (Wildman–Crippen LogP) is 5.25. The summed E-state index contributed by atoms with van der Waals surface area (Å²) < 4.78 is 0. The lowest BCUT2D eigenvalue weighted by molar-refractivity contribution is 0.271. The van der Waals surface area contributed by atoms with Crippen LogP contribution in [0.5, 0.6) is 0 Å². The molecule has 0 aliphatic heterocycles. The molecule has 0 amide bonds. The fraction of sp³-hybridized carbons (Fsp3) is 0.368. The van der Waals surface area contributed by atoms with Crippen molar-refractivity contribution in [2.45, 2.75) is 44.7 Å². The molecule has 1 fully saturated rings. The Bertz CT molecular complexity index is 599. The van der Waals surface area contributed by atoms with Gasteiger partial charge in [0.1, 0.15) is 0 Å². The second kappa shape index (κ2) is 6.21. The van der Waals surface area contributed by atoms with Gasteiger partial charge in [0.15, 0.2) is 0 Å². The molecular formula is C19H22ClN. The van der Waals surface area contributed by atoms with E-state index in [1.165, 1.54) is 29.5 Å². The topological polar surface area (TPSA) is 12.0 Å². The molecule has 0 bridgehead atoms. The van der Waals surface area contributed by atoms with Crippen molar-refractivity contribution in [3.63, 3.8) is 0 Å². The number of aryl methyl sites for hydroxylation is 1. The van der Waals surface area contributed by atoms with E-state index in [9.17, 15) is 0 Å². The third-order valence-corrected chi connectivity index (χ3v) is 4.89. The van der Waals surface area contributed by atoms with E-state index in [0.29, 0.717) is 18.0 Å². The van der Waals surface area contributed by atoms with Crippen LogP contribution in [0.1, 0.15) is 48.4 Å². The summed E-state index contributed by atoms with van der Waals surface area (Å²) in [6.45, 7) is 4.37. The van der Waals surface area contributed by atoms with Gasteiger partial charge in [0.25, 0.3) is 0 Å². The Balaban J connectivity index is 1.55. The molecule has 1 aliphatic carbocycles. The van der Waals surface area contributed by atoms with Crippen LogP contribution in [-0.2, 0) is 0 Å². The zero-order valence-corrected chi connectivity index (χ0v) is 13.4. The summed E-state index contributed by atoms with van der Waals surface area (Å²) in [6, 6.07) is 18.0. The molecule has 0 spiro atoms. The number of halogens is 1. The van der Waals surface area contributed by atoms with Gasteiger partial charge in [-0.2, -0.15) is 0 Å². The monoisotopic (exact) mass is 299 g/mol. The fourth-order valence-corrected chi connectivity index (χ4v) is 3.41. The molecule has 1 nitrogen and oxygen atoms in total. The lowest BCUT2D eigenvalue weighted by Gasteiger charge is -2.38. The molecule has 2 aromatic carbocycles. The highest BCUT2D eigenvalue weighted by Crippen LogP contribution is 2.40. The summed E-state index contributed by atoms with van der Waals surface area (Å²) in [6.07, 6.45) is 2.36. The van der Waals surface area contributed by atoms with E-state index >= 15 is 0 Å². The maximum Gasteiger partial charge on any atom is 0.0440 e. The summed E-state index contributed by atoms with van der Waals surface area (Å²) in [5.74, 6) is 0.612. The average Bonchev–Trinajstić information content (AvgIpc) is 2.44. The van der Waals surface area contributed by atoms with Gasteiger partial charge in [-0.25, -0.2) is 0 Å². The quantitative estimate of drug-likeness (QED) is 0.813. The van der Waals surface area contributed by atoms with E-state index in [2.05, 4.69) is 55.6 Å². The number of rotatable bonds is 4. The highest BCUT2D eigenvalue weighted by Gasteiger charge is 2.32. The van der Waals surface area contributed by atoms with Crippen molar-refractivity contribution in [2.75, 3.05) is 0 Å². The molecule has 3 rings (SSSR count). The Labute approximate surface area is 132 Å². The summed E-state index contributed by atoms with van der Waals surface area (Å²) >= 11 is 6.28. The molecule has 21 heavy (non-hydrogen) atoms. The number of nitrogens with one attached hydrogen (secondary N) is 1. The standard InChI is InChI=1S/C19H22ClN/c1-13-7-9-15(10-8-13)14(2)21-17-11-16(12-17)18-5-3-4-6-19(18)20/h3-10,14,16-17,21H,11-12H2,1-2H3/t14-,16?,17?/m1/s1. The van der Waals surface area contributed by atoms with Crippen molar-refractivity contribution >= 4 is 11.6 Å². The molecule has 2 aromatic rings. The third kappa shape index (κ3) is 3.30. The van der Waals surface area contributed by atoms with E-state index in [0.717, 1.165) is 5.02 Å². The molecule has 1 N–H and O–H groups in total. The first kappa shape index (κ1) is 14.6. The van der Waals surface area contributed by atoms with Crippen LogP contribution in [0.15, 0.2) is 48.5 Å². The zero-order chi connectivity index (χ0) is 14.8. The second-order valence-corrected chi connectivity index (χ2v) is 6.59. The molecule has 0 radical (unpaired) electrons. The Morgan fingerprint density at radius 2 is 1.71 bits per heavy atom. The first-order valence-electron chi connectivity index (χ1n) is 7.70. The molecule has 1 atom stereocenters. The van der Waals surface area contributed by atoms with Crippen molar-refractivity contribution in [2.24, 2.45) is 0 Å². The van der Waals surface area contributed by atoms with E-state index in [4.69, 9.17) is 11.6 Å². The Hall–Kier alpha value is -1.31. The molecule has 1 saturated carbocycles. The van der Waals surface area contributed by atoms with Gasteiger partial charge in [-0.1, -0.05) is 59.6 Å². The van der Waals surface area contributed by atoms with E-state index in [1.807, 2.05) is 12.1 Å². The van der Waals surface area contributed by atoms with Crippen LogP contribution >= 0.6 is 11.6 Å². The largest absolute Gasteiger partial charge is 0.307 e. The summed E-state index contributed by atoms with van der Waals surface area (Å²) in [5, 5.41) is 4.64. The minimum Gasteiger partial charge on any atom is -0.307 e. The smallest absolute Gasteiger partial charge is 0.0440 e. The van der Waals surface area contributed by atoms with Crippen LogP contribution in [0.4, 0.5) is 0 Å². The number of hydrogen-bond donors (Lipinski definition) is 1. The minimum atomic E-state index is 0.405. The molecule has 0 aromatic heterocycles. The SMILES string of the molecule is Cc1ccc([C@@H](C)NC2CC(c3ccccc3Cl)C2)cc1. The maximum absolute atomic E-state index is 6.28. The van der Waals surface area contributed by atoms with Gasteiger partial charge in [-0.15, -0.1) is 0 Å². The van der Waals surface area contributed by atoms with Crippen LogP contribution in [0.2, 0.25) is 5.02 Å². The average molecular weight is 300 g/mol. The van der Waals surface area contributed by atoms with Gasteiger partial charge in [0, 0.05) is 17.1 Å². The van der Waals surface area contributed by atoms with Crippen molar-refractivity contribution in [3.05, 3.63) is 70.2 Å². The molecule has 0 unspecified atom stereocenters. The van der Waals surface area contributed by atoms with Crippen LogP contribution in [0.3, 0.4) is 0 Å². The maximum atomic E-state index is 6.28. The number of hydrogen-bond acceptors (Lipinski definition) is 1. The van der Waals surface area contributed by atoms with Gasteiger partial charge in [-0.3, -0.25) is 0 Å². The normalized spacial score (nSPS) is 22.6. The Kier molecular flexibility index (Phi) is 4.32. The summed E-state index contributed by atoms with van der Waals surface area (Å²) in [5.41, 5.74) is 3.98. The zero-order valence-electron chi connectivity index (χ0n) is 12.6. The molecular weight excluding hydrogens is 278 g/mol. The molecule has 0 saturated heterocycles. The first-order chi connectivity index (χ1) is 10.1. The lowest BCUT2D eigenvalue weighted by Crippen LogP contribution is -2.41. The van der Waals surface area contributed by atoms with Gasteiger partial charge in [0.05, 0.1) is 0 Å². The van der Waals surface area contributed by atoms with Crippen molar-refractivity contribution in [1.29, 1.82) is 0 Å². The van der Waals surface area contributed by atoms with Gasteiger partial charge >= 0.3 is 0 Å². The predicted molar refractivity (Wildman–Crippen MR) is 89.9 cm³/mol. The fourth-order valence-electron chi connectivity index (χ4n) is 3.12. The first-order valence-corrected chi connectivity index (χ1v) is 8.08. The van der Waals surface area contributed by atoms with Crippen LogP contribution < -0.4 is 5.32 Å². The molecule has 2 heteroatoms. The van der Waals surface area contributed by atoms with Crippen LogP contribution in [0.25, 0.3) is 0 Å². The minimum absolute atomic E-state index is 0.405. The van der Waals surface area contributed by atoms with E-state index in [-0.39, 0.29) is 0 Å². The second-order valence-electron chi connectivity index (χ2n) is 6.19. The van der Waals surface area contributed by atoms with Crippen molar-refractivity contribution in [3.8, 4) is 0 Å². The molecule has 1 aliphatic rings. The molecule has 0 heterocycles. The van der Waals surface area contributed by atoms with Gasteiger partial charge in [-0.05, 0) is 49.8 Å². The van der Waals surface area contributed by atoms with E-state index < -0.39 is 0 Å². The van der Waals surface area contributed by atoms with Gasteiger partial charge < -0.3 is 5.32 Å². The summed E-state index contributed by atoms with van der Waals surface area (Å²) in [4.78, 5) is 0. The number of benzene rings is 2.